The third kappa shape index (κ3) is 3.01. The summed E-state index contributed by atoms with van der Waals surface area (Å²) in [5, 5.41) is 13.9. The zero-order valence-electron chi connectivity index (χ0n) is 12.8. The Bertz CT molecular complexity index is 466. The van der Waals surface area contributed by atoms with E-state index < -0.39 is 0 Å². The summed E-state index contributed by atoms with van der Waals surface area (Å²) in [4.78, 5) is 2.53. The van der Waals surface area contributed by atoms with Gasteiger partial charge in [0.05, 0.1) is 12.7 Å². The molecule has 1 aliphatic heterocycles. The molecular weight excluding hydrogens is 264 g/mol. The second-order valence-electron chi connectivity index (χ2n) is 6.17. The number of piperazine rings is 1. The van der Waals surface area contributed by atoms with Gasteiger partial charge in [-0.2, -0.15) is 0 Å². The highest BCUT2D eigenvalue weighted by molar-refractivity contribution is 5.46. The Labute approximate surface area is 127 Å². The molecule has 0 amide bonds. The molecule has 2 aliphatic rings. The van der Waals surface area contributed by atoms with E-state index in [2.05, 4.69) is 10.2 Å². The smallest absolute Gasteiger partial charge is 0.127 e. The Morgan fingerprint density at radius 2 is 1.95 bits per heavy atom. The molecule has 0 bridgehead atoms. The largest absolute Gasteiger partial charge is 0.507 e. The van der Waals surface area contributed by atoms with Crippen LogP contribution in [0.15, 0.2) is 18.2 Å². The van der Waals surface area contributed by atoms with Gasteiger partial charge in [-0.1, -0.05) is 18.9 Å². The van der Waals surface area contributed by atoms with Gasteiger partial charge in [-0.05, 0) is 30.9 Å². The molecule has 2 N–H and O–H groups in total. The number of aromatic hydroxyl groups is 1. The molecule has 3 rings (SSSR count). The summed E-state index contributed by atoms with van der Waals surface area (Å²) in [5.74, 6) is 1.83. The number of nitrogens with zero attached hydrogens (tertiary/aromatic N) is 1. The first-order valence-corrected chi connectivity index (χ1v) is 8.12. The number of hydrogen-bond donors (Lipinski definition) is 2. The Hall–Kier alpha value is -1.26. The summed E-state index contributed by atoms with van der Waals surface area (Å²) < 4.78 is 5.56. The summed E-state index contributed by atoms with van der Waals surface area (Å²) in [5.41, 5.74) is 0.994. The molecule has 2 fully saturated rings. The Morgan fingerprint density at radius 3 is 2.62 bits per heavy atom. The molecule has 1 aliphatic carbocycles. The number of ether oxygens (including phenoxy) is 1. The van der Waals surface area contributed by atoms with Crippen LogP contribution in [0.2, 0.25) is 0 Å². The van der Waals surface area contributed by atoms with Crippen LogP contribution >= 0.6 is 0 Å². The number of phenols is 1. The maximum atomic E-state index is 10.5. The van der Waals surface area contributed by atoms with E-state index in [1.807, 2.05) is 12.1 Å². The van der Waals surface area contributed by atoms with Gasteiger partial charge in [-0.25, -0.2) is 0 Å². The quantitative estimate of drug-likeness (QED) is 0.894. The van der Waals surface area contributed by atoms with Crippen LogP contribution in [0.1, 0.15) is 37.3 Å². The van der Waals surface area contributed by atoms with Crippen molar-refractivity contribution in [3.8, 4) is 11.5 Å². The molecule has 1 aromatic rings. The molecule has 21 heavy (non-hydrogen) atoms. The molecule has 0 spiro atoms. The van der Waals surface area contributed by atoms with Gasteiger partial charge in [0.1, 0.15) is 11.5 Å². The standard InChI is InChI=1S/C17H26N2O2/c1-21-15-8-4-7-14(20)16(15)17(13-5-2-3-6-13)19-11-9-18-10-12-19/h4,7-8,13,17-18,20H,2-3,5-6,9-12H2,1H3/t17-/m0/s1. The predicted octanol–water partition coefficient (Wildman–Crippen LogP) is 2.54. The van der Waals surface area contributed by atoms with E-state index >= 15 is 0 Å². The first-order chi connectivity index (χ1) is 10.3. The van der Waals surface area contributed by atoms with Crippen LogP contribution in [0.5, 0.6) is 11.5 Å². The van der Waals surface area contributed by atoms with Crippen molar-refractivity contribution in [2.75, 3.05) is 33.3 Å². The van der Waals surface area contributed by atoms with Gasteiger partial charge in [0.2, 0.25) is 0 Å². The molecule has 116 valence electrons. The van der Waals surface area contributed by atoms with Crippen LogP contribution in [0, 0.1) is 5.92 Å². The topological polar surface area (TPSA) is 44.7 Å². The van der Waals surface area contributed by atoms with Gasteiger partial charge in [-0.3, -0.25) is 4.90 Å². The van der Waals surface area contributed by atoms with Gasteiger partial charge < -0.3 is 15.2 Å². The lowest BCUT2D eigenvalue weighted by Gasteiger charge is -2.39. The minimum atomic E-state index is 0.283. The monoisotopic (exact) mass is 290 g/mol. The fourth-order valence-electron chi connectivity index (χ4n) is 3.96. The zero-order chi connectivity index (χ0) is 14.7. The number of benzene rings is 1. The summed E-state index contributed by atoms with van der Waals surface area (Å²) in [7, 11) is 1.70. The molecule has 0 radical (unpaired) electrons. The highest BCUT2D eigenvalue weighted by Crippen LogP contribution is 2.45. The zero-order valence-corrected chi connectivity index (χ0v) is 12.8. The Kier molecular flexibility index (Phi) is 4.66. The lowest BCUT2D eigenvalue weighted by atomic mass is 9.88. The molecule has 4 nitrogen and oxygen atoms in total. The van der Waals surface area contributed by atoms with E-state index in [4.69, 9.17) is 4.74 Å². The summed E-state index contributed by atoms with van der Waals surface area (Å²) in [6, 6.07) is 5.91. The van der Waals surface area contributed by atoms with Crippen LogP contribution in [-0.4, -0.2) is 43.3 Å². The van der Waals surface area contributed by atoms with Gasteiger partial charge >= 0.3 is 0 Å². The van der Waals surface area contributed by atoms with Crippen LogP contribution < -0.4 is 10.1 Å². The third-order valence-corrected chi connectivity index (χ3v) is 4.95. The molecule has 1 heterocycles. The van der Waals surface area contributed by atoms with Gasteiger partial charge in [0.25, 0.3) is 0 Å². The van der Waals surface area contributed by atoms with Crippen LogP contribution in [-0.2, 0) is 0 Å². The molecular formula is C17H26N2O2. The van der Waals surface area contributed by atoms with Crippen molar-refractivity contribution in [1.82, 2.24) is 10.2 Å². The number of rotatable bonds is 4. The van der Waals surface area contributed by atoms with Crippen LogP contribution in [0.3, 0.4) is 0 Å². The molecule has 1 saturated carbocycles. The second-order valence-corrected chi connectivity index (χ2v) is 6.17. The molecule has 1 aromatic carbocycles. The molecule has 1 atom stereocenters. The van der Waals surface area contributed by atoms with Crippen molar-refractivity contribution in [2.24, 2.45) is 5.92 Å². The third-order valence-electron chi connectivity index (χ3n) is 4.95. The van der Waals surface area contributed by atoms with E-state index in [-0.39, 0.29) is 6.04 Å². The van der Waals surface area contributed by atoms with Crippen molar-refractivity contribution in [1.29, 1.82) is 0 Å². The fraction of sp³-hybridized carbons (Fsp3) is 0.647. The first kappa shape index (κ1) is 14.7. The van der Waals surface area contributed by atoms with Gasteiger partial charge in [0, 0.05) is 32.2 Å². The van der Waals surface area contributed by atoms with E-state index in [9.17, 15) is 5.11 Å². The van der Waals surface area contributed by atoms with Crippen molar-refractivity contribution >= 4 is 0 Å². The number of phenolic OH excluding ortho intramolecular Hbond substituents is 1. The summed E-state index contributed by atoms with van der Waals surface area (Å²) >= 11 is 0. The lowest BCUT2D eigenvalue weighted by Crippen LogP contribution is -2.46. The van der Waals surface area contributed by atoms with E-state index in [0.717, 1.165) is 37.5 Å². The minimum absolute atomic E-state index is 0.283. The highest BCUT2D eigenvalue weighted by atomic mass is 16.5. The van der Waals surface area contributed by atoms with Crippen molar-refractivity contribution in [3.05, 3.63) is 23.8 Å². The second kappa shape index (κ2) is 6.67. The number of methoxy groups -OCH3 is 1. The molecule has 0 unspecified atom stereocenters. The highest BCUT2D eigenvalue weighted by Gasteiger charge is 2.35. The summed E-state index contributed by atoms with van der Waals surface area (Å²) in [6.45, 7) is 4.13. The summed E-state index contributed by atoms with van der Waals surface area (Å²) in [6.07, 6.45) is 5.13. The van der Waals surface area contributed by atoms with E-state index in [1.54, 1.807) is 13.2 Å². The van der Waals surface area contributed by atoms with Crippen molar-refractivity contribution < 1.29 is 9.84 Å². The van der Waals surface area contributed by atoms with E-state index in [0.29, 0.717) is 11.7 Å². The average Bonchev–Trinajstić information content (AvgIpc) is 3.04. The number of nitrogens with one attached hydrogen (secondary N) is 1. The van der Waals surface area contributed by atoms with Crippen LogP contribution in [0.4, 0.5) is 0 Å². The normalized spacial score (nSPS) is 22.3. The average molecular weight is 290 g/mol. The number of hydrogen-bond acceptors (Lipinski definition) is 4. The van der Waals surface area contributed by atoms with Gasteiger partial charge in [-0.15, -0.1) is 0 Å². The first-order valence-electron chi connectivity index (χ1n) is 8.12. The van der Waals surface area contributed by atoms with E-state index in [1.165, 1.54) is 25.7 Å². The van der Waals surface area contributed by atoms with Crippen molar-refractivity contribution in [2.45, 2.75) is 31.7 Å². The van der Waals surface area contributed by atoms with Gasteiger partial charge in [0.15, 0.2) is 0 Å². The lowest BCUT2D eigenvalue weighted by molar-refractivity contribution is 0.121. The predicted molar refractivity (Wildman–Crippen MR) is 83.8 cm³/mol. The molecule has 4 heteroatoms. The Morgan fingerprint density at radius 1 is 1.24 bits per heavy atom. The maximum Gasteiger partial charge on any atom is 0.127 e. The fourth-order valence-corrected chi connectivity index (χ4v) is 3.96. The SMILES string of the molecule is COc1cccc(O)c1[C@H](C1CCCC1)N1CCNCC1. The maximum absolute atomic E-state index is 10.5. The minimum Gasteiger partial charge on any atom is -0.507 e. The Balaban J connectivity index is 1.97. The molecule has 1 saturated heterocycles. The van der Waals surface area contributed by atoms with Crippen molar-refractivity contribution in [3.63, 3.8) is 0 Å². The van der Waals surface area contributed by atoms with Crippen LogP contribution in [0.25, 0.3) is 0 Å². The molecule has 0 aromatic heterocycles.